The van der Waals surface area contributed by atoms with E-state index in [4.69, 9.17) is 0 Å². The monoisotopic (exact) mass is 460 g/mol. The molecule has 33 heavy (non-hydrogen) atoms. The molecule has 0 fully saturated rings. The van der Waals surface area contributed by atoms with Gasteiger partial charge in [-0.15, -0.1) is 11.8 Å². The third-order valence-corrected chi connectivity index (χ3v) is 5.91. The van der Waals surface area contributed by atoms with Gasteiger partial charge in [0.2, 0.25) is 0 Å². The summed E-state index contributed by atoms with van der Waals surface area (Å²) in [6.45, 7) is 0.278. The number of rotatable bonds is 7. The third-order valence-electron chi connectivity index (χ3n) is 5.13. The highest BCUT2D eigenvalue weighted by atomic mass is 32.2. The molecule has 8 nitrogen and oxygen atoms in total. The largest absolute Gasteiger partial charge is 0.327 e. The number of amides is 1. The highest BCUT2D eigenvalue weighted by Gasteiger charge is 2.22. The van der Waals surface area contributed by atoms with Gasteiger partial charge in [0.1, 0.15) is 5.82 Å². The van der Waals surface area contributed by atoms with E-state index in [1.54, 1.807) is 42.7 Å². The minimum absolute atomic E-state index is 0.0336. The number of carbonyl (C=O) groups excluding carboxylic acids is 1. The van der Waals surface area contributed by atoms with Crippen LogP contribution in [0.2, 0.25) is 0 Å². The van der Waals surface area contributed by atoms with Gasteiger partial charge < -0.3 is 9.88 Å². The lowest BCUT2D eigenvalue weighted by molar-refractivity contribution is -0.387. The zero-order chi connectivity index (χ0) is 23.4. The van der Waals surface area contributed by atoms with Gasteiger partial charge in [-0.25, -0.2) is 4.98 Å². The minimum Gasteiger partial charge on any atom is -0.327 e. The van der Waals surface area contributed by atoms with Gasteiger partial charge in [0, 0.05) is 18.2 Å². The first-order valence-corrected chi connectivity index (χ1v) is 11.3. The maximum atomic E-state index is 13.5. The Morgan fingerprint density at radius 2 is 1.79 bits per heavy atom. The summed E-state index contributed by atoms with van der Waals surface area (Å²) in [6, 6.07) is 20.8. The molecular formula is C24H20N4O4S. The number of thioether (sulfide) groups is 1. The average Bonchev–Trinajstić information content (AvgIpc) is 2.83. The van der Waals surface area contributed by atoms with E-state index in [-0.39, 0.29) is 29.9 Å². The molecule has 0 saturated carbocycles. The van der Waals surface area contributed by atoms with Gasteiger partial charge in [-0.3, -0.25) is 19.7 Å². The summed E-state index contributed by atoms with van der Waals surface area (Å²) < 4.78 is 0. The topological polar surface area (TPSA) is 109 Å². The second-order valence-corrected chi connectivity index (χ2v) is 8.17. The molecule has 0 aliphatic heterocycles. The lowest BCUT2D eigenvalue weighted by Gasteiger charge is -2.23. The van der Waals surface area contributed by atoms with Crippen LogP contribution in [0.15, 0.2) is 82.5 Å². The number of fused-ring (bicyclic) bond motifs is 1. The number of hydrogen-bond acceptors (Lipinski definition) is 6. The van der Waals surface area contributed by atoms with Gasteiger partial charge in [0.05, 0.1) is 27.3 Å². The molecule has 4 aromatic rings. The van der Waals surface area contributed by atoms with E-state index < -0.39 is 10.8 Å². The molecule has 1 aromatic heterocycles. The Hall–Kier alpha value is -3.98. The van der Waals surface area contributed by atoms with Crippen LogP contribution >= 0.6 is 11.8 Å². The fourth-order valence-corrected chi connectivity index (χ4v) is 4.09. The molecule has 3 aromatic carbocycles. The van der Waals surface area contributed by atoms with Crippen LogP contribution in [0, 0.1) is 10.1 Å². The zero-order valence-electron chi connectivity index (χ0n) is 17.7. The molecule has 1 heterocycles. The SMILES string of the molecule is CSc1ccc(C(=O)N(Cc2ccccc2)Cc2nc3ccccc3c(=O)[nH]2)cc1[N+](=O)[O-]. The molecule has 1 N–H and O–H groups in total. The van der Waals surface area contributed by atoms with E-state index in [1.165, 1.54) is 22.7 Å². The van der Waals surface area contributed by atoms with Crippen LogP contribution in [0.4, 0.5) is 5.69 Å². The van der Waals surface area contributed by atoms with Crippen molar-refractivity contribution in [3.8, 4) is 0 Å². The minimum atomic E-state index is -0.494. The Balaban J connectivity index is 1.72. The Kier molecular flexibility index (Phi) is 6.50. The molecule has 0 bridgehead atoms. The van der Waals surface area contributed by atoms with Gasteiger partial charge in [0.25, 0.3) is 17.2 Å². The van der Waals surface area contributed by atoms with Gasteiger partial charge in [-0.2, -0.15) is 0 Å². The van der Waals surface area contributed by atoms with Gasteiger partial charge >= 0.3 is 0 Å². The molecule has 0 unspecified atom stereocenters. The Morgan fingerprint density at radius 1 is 1.06 bits per heavy atom. The van der Waals surface area contributed by atoms with Crippen molar-refractivity contribution in [2.75, 3.05) is 6.26 Å². The molecule has 166 valence electrons. The van der Waals surface area contributed by atoms with Crippen LogP contribution < -0.4 is 5.56 Å². The van der Waals surface area contributed by atoms with E-state index in [0.717, 1.165) is 5.56 Å². The first-order chi connectivity index (χ1) is 16.0. The number of carbonyl (C=O) groups is 1. The molecule has 1 amide bonds. The number of benzene rings is 3. The molecule has 0 aliphatic carbocycles. The van der Waals surface area contributed by atoms with Crippen molar-refractivity contribution < 1.29 is 9.72 Å². The first kappa shape index (κ1) is 22.2. The number of hydrogen-bond donors (Lipinski definition) is 1. The lowest BCUT2D eigenvalue weighted by atomic mass is 10.1. The van der Waals surface area contributed by atoms with Crippen LogP contribution in [0.3, 0.4) is 0 Å². The van der Waals surface area contributed by atoms with Gasteiger partial charge in [-0.1, -0.05) is 42.5 Å². The van der Waals surface area contributed by atoms with E-state index in [2.05, 4.69) is 9.97 Å². The number of para-hydroxylation sites is 1. The van der Waals surface area contributed by atoms with Crippen molar-refractivity contribution in [1.29, 1.82) is 0 Å². The van der Waals surface area contributed by atoms with Crippen molar-refractivity contribution >= 4 is 34.3 Å². The molecule has 9 heteroatoms. The van der Waals surface area contributed by atoms with Crippen molar-refractivity contribution in [2.24, 2.45) is 0 Å². The standard InChI is InChI=1S/C24H20N4O4S/c1-33-21-12-11-17(13-20(21)28(31)32)24(30)27(14-16-7-3-2-4-8-16)15-22-25-19-10-6-5-9-18(19)23(29)26-22/h2-13H,14-15H2,1H3,(H,25,26,29). The summed E-state index contributed by atoms with van der Waals surface area (Å²) >= 11 is 1.24. The molecule has 0 spiro atoms. The number of aromatic nitrogens is 2. The average molecular weight is 461 g/mol. The molecular weight excluding hydrogens is 440 g/mol. The normalized spacial score (nSPS) is 10.8. The third kappa shape index (κ3) is 4.93. The zero-order valence-corrected chi connectivity index (χ0v) is 18.5. The van der Waals surface area contributed by atoms with Crippen LogP contribution in [-0.4, -0.2) is 32.0 Å². The molecule has 0 aliphatic rings. The van der Waals surface area contributed by atoms with E-state index in [1.807, 2.05) is 30.3 Å². The van der Waals surface area contributed by atoms with Crippen LogP contribution in [-0.2, 0) is 13.1 Å². The highest BCUT2D eigenvalue weighted by molar-refractivity contribution is 7.98. The van der Waals surface area contributed by atoms with Crippen molar-refractivity contribution in [1.82, 2.24) is 14.9 Å². The van der Waals surface area contributed by atoms with Crippen molar-refractivity contribution in [3.63, 3.8) is 0 Å². The van der Waals surface area contributed by atoms with Crippen LogP contribution in [0.5, 0.6) is 0 Å². The van der Waals surface area contributed by atoms with E-state index in [0.29, 0.717) is 21.6 Å². The number of aromatic amines is 1. The number of nitrogens with one attached hydrogen (secondary N) is 1. The summed E-state index contributed by atoms with van der Waals surface area (Å²) in [6.07, 6.45) is 1.74. The van der Waals surface area contributed by atoms with Crippen molar-refractivity contribution in [3.05, 3.63) is 110 Å². The number of nitrogens with zero attached hydrogens (tertiary/aromatic N) is 3. The summed E-state index contributed by atoms with van der Waals surface area (Å²) in [5.74, 6) is -0.0661. The predicted octanol–water partition coefficient (Wildman–Crippen LogP) is 4.40. The molecule has 0 saturated heterocycles. The first-order valence-electron chi connectivity index (χ1n) is 10.1. The Morgan fingerprint density at radius 3 is 2.52 bits per heavy atom. The molecule has 0 atom stereocenters. The van der Waals surface area contributed by atoms with Gasteiger partial charge in [-0.05, 0) is 36.1 Å². The molecule has 0 radical (unpaired) electrons. The fraction of sp³-hybridized carbons (Fsp3) is 0.125. The second-order valence-electron chi connectivity index (χ2n) is 7.32. The second kappa shape index (κ2) is 9.66. The van der Waals surface area contributed by atoms with E-state index >= 15 is 0 Å². The predicted molar refractivity (Wildman–Crippen MR) is 127 cm³/mol. The van der Waals surface area contributed by atoms with E-state index in [9.17, 15) is 19.7 Å². The van der Waals surface area contributed by atoms with Gasteiger partial charge in [0.15, 0.2) is 0 Å². The smallest absolute Gasteiger partial charge is 0.283 e. The molecule has 4 rings (SSSR count). The summed E-state index contributed by atoms with van der Waals surface area (Å²) in [4.78, 5) is 46.2. The maximum absolute atomic E-state index is 13.5. The summed E-state index contributed by atoms with van der Waals surface area (Å²) in [5.41, 5.74) is 1.19. The highest BCUT2D eigenvalue weighted by Crippen LogP contribution is 2.29. The summed E-state index contributed by atoms with van der Waals surface area (Å²) in [7, 11) is 0. The van der Waals surface area contributed by atoms with Crippen LogP contribution in [0.1, 0.15) is 21.7 Å². The number of nitro benzene ring substituents is 1. The maximum Gasteiger partial charge on any atom is 0.283 e. The Bertz CT molecular complexity index is 1390. The number of H-pyrrole nitrogens is 1. The Labute approximate surface area is 193 Å². The van der Waals surface area contributed by atoms with Crippen molar-refractivity contribution in [2.45, 2.75) is 18.0 Å². The fourth-order valence-electron chi connectivity index (χ4n) is 3.54. The quantitative estimate of drug-likeness (QED) is 0.249. The number of nitro groups is 1. The summed E-state index contributed by atoms with van der Waals surface area (Å²) in [5, 5.41) is 12.0. The lowest BCUT2D eigenvalue weighted by Crippen LogP contribution is -2.31. The van der Waals surface area contributed by atoms with Crippen LogP contribution in [0.25, 0.3) is 10.9 Å².